The predicted molar refractivity (Wildman–Crippen MR) is 47.6 cm³/mol. The monoisotopic (exact) mass is 154 g/mol. The van der Waals surface area contributed by atoms with E-state index in [0.717, 1.165) is 12.5 Å². The maximum absolute atomic E-state index is 5.14. The van der Waals surface area contributed by atoms with Crippen molar-refractivity contribution >= 4 is 0 Å². The van der Waals surface area contributed by atoms with Crippen LogP contribution in [0.4, 0.5) is 0 Å². The second-order valence-electron chi connectivity index (χ2n) is 3.62. The van der Waals surface area contributed by atoms with Crippen LogP contribution in [0.25, 0.3) is 0 Å². The van der Waals surface area contributed by atoms with Crippen LogP contribution in [-0.4, -0.2) is 13.7 Å². The third-order valence-corrected chi connectivity index (χ3v) is 2.65. The average molecular weight is 154 g/mol. The summed E-state index contributed by atoms with van der Waals surface area (Å²) in [6, 6.07) is 0. The molecule has 11 heavy (non-hydrogen) atoms. The van der Waals surface area contributed by atoms with Crippen LogP contribution in [0.15, 0.2) is 11.1 Å². The molecule has 0 N–H and O–H groups in total. The normalized spacial score (nSPS) is 25.9. The summed E-state index contributed by atoms with van der Waals surface area (Å²) < 4.78 is 5.14. The average Bonchev–Trinajstić information content (AvgIpc) is 1.98. The van der Waals surface area contributed by atoms with Crippen molar-refractivity contribution < 1.29 is 4.74 Å². The zero-order chi connectivity index (χ0) is 8.27. The Hall–Kier alpha value is -0.300. The molecule has 0 aromatic rings. The highest BCUT2D eigenvalue weighted by molar-refractivity contribution is 5.13. The van der Waals surface area contributed by atoms with Crippen molar-refractivity contribution in [1.29, 1.82) is 0 Å². The fourth-order valence-corrected chi connectivity index (χ4v) is 1.72. The number of ether oxygens (including phenoxy) is 1. The molecule has 0 bridgehead atoms. The minimum atomic E-state index is 0.781. The van der Waals surface area contributed by atoms with Gasteiger partial charge in [-0.2, -0.15) is 0 Å². The largest absolute Gasteiger partial charge is 0.384 e. The summed E-state index contributed by atoms with van der Waals surface area (Å²) in [4.78, 5) is 0. The quantitative estimate of drug-likeness (QED) is 0.556. The summed E-state index contributed by atoms with van der Waals surface area (Å²) in [6.07, 6.45) is 3.84. The molecule has 0 amide bonds. The molecule has 1 aliphatic rings. The lowest BCUT2D eigenvalue weighted by molar-refractivity contribution is 0.145. The third-order valence-electron chi connectivity index (χ3n) is 2.65. The molecule has 1 unspecified atom stereocenters. The van der Waals surface area contributed by atoms with Gasteiger partial charge in [0.1, 0.15) is 0 Å². The fraction of sp³-hybridized carbons (Fsp3) is 0.800. The first kappa shape index (κ1) is 8.79. The van der Waals surface area contributed by atoms with Crippen molar-refractivity contribution in [3.63, 3.8) is 0 Å². The molecule has 0 saturated heterocycles. The smallest absolute Gasteiger partial charge is 0.0493 e. The van der Waals surface area contributed by atoms with Crippen molar-refractivity contribution in [2.45, 2.75) is 33.1 Å². The predicted octanol–water partition coefficient (Wildman–Crippen LogP) is 2.77. The van der Waals surface area contributed by atoms with E-state index < -0.39 is 0 Å². The first-order chi connectivity index (χ1) is 5.24. The highest BCUT2D eigenvalue weighted by atomic mass is 16.5. The highest BCUT2D eigenvalue weighted by Crippen LogP contribution is 2.28. The van der Waals surface area contributed by atoms with Crippen LogP contribution in [0.5, 0.6) is 0 Å². The van der Waals surface area contributed by atoms with Crippen LogP contribution in [0.3, 0.4) is 0 Å². The summed E-state index contributed by atoms with van der Waals surface area (Å²) >= 11 is 0. The van der Waals surface area contributed by atoms with E-state index in [0.29, 0.717) is 0 Å². The summed E-state index contributed by atoms with van der Waals surface area (Å²) in [5, 5.41) is 0. The summed E-state index contributed by atoms with van der Waals surface area (Å²) in [6.45, 7) is 5.43. The van der Waals surface area contributed by atoms with Crippen LogP contribution in [0.2, 0.25) is 0 Å². The van der Waals surface area contributed by atoms with Gasteiger partial charge in [0, 0.05) is 13.7 Å². The molecule has 0 aromatic carbocycles. The molecule has 0 spiro atoms. The van der Waals surface area contributed by atoms with Gasteiger partial charge in [-0.25, -0.2) is 0 Å². The van der Waals surface area contributed by atoms with E-state index in [2.05, 4.69) is 13.8 Å². The first-order valence-electron chi connectivity index (χ1n) is 4.38. The van der Waals surface area contributed by atoms with Gasteiger partial charge in [-0.3, -0.25) is 0 Å². The number of rotatable bonds is 2. The lowest BCUT2D eigenvalue weighted by Gasteiger charge is -2.23. The van der Waals surface area contributed by atoms with Crippen LogP contribution in [0.1, 0.15) is 33.1 Å². The summed E-state index contributed by atoms with van der Waals surface area (Å²) in [5.41, 5.74) is 3.18. The SMILES string of the molecule is COCC1CCC(C)=C(C)C1. The fourth-order valence-electron chi connectivity index (χ4n) is 1.72. The Morgan fingerprint density at radius 3 is 2.64 bits per heavy atom. The lowest BCUT2D eigenvalue weighted by atomic mass is 9.86. The number of hydrogen-bond donors (Lipinski definition) is 0. The Morgan fingerprint density at radius 2 is 2.09 bits per heavy atom. The zero-order valence-corrected chi connectivity index (χ0v) is 7.81. The van der Waals surface area contributed by atoms with Crippen molar-refractivity contribution in [3.8, 4) is 0 Å². The third kappa shape index (κ3) is 2.33. The van der Waals surface area contributed by atoms with E-state index in [1.165, 1.54) is 19.3 Å². The van der Waals surface area contributed by atoms with E-state index in [9.17, 15) is 0 Å². The standard InChI is InChI=1S/C10H18O/c1-8-4-5-10(7-11-3)6-9(8)2/h10H,4-7H2,1-3H3. The van der Waals surface area contributed by atoms with Gasteiger partial charge in [-0.05, 0) is 39.0 Å². The number of methoxy groups -OCH3 is 1. The number of hydrogen-bond acceptors (Lipinski definition) is 1. The minimum absolute atomic E-state index is 0.781. The van der Waals surface area contributed by atoms with Gasteiger partial charge < -0.3 is 4.74 Å². The Morgan fingerprint density at radius 1 is 1.36 bits per heavy atom. The highest BCUT2D eigenvalue weighted by Gasteiger charge is 2.15. The van der Waals surface area contributed by atoms with Gasteiger partial charge in [0.05, 0.1) is 0 Å². The maximum Gasteiger partial charge on any atom is 0.0493 e. The van der Waals surface area contributed by atoms with E-state index in [1.807, 2.05) is 0 Å². The van der Waals surface area contributed by atoms with Crippen LogP contribution in [0, 0.1) is 5.92 Å². The molecule has 1 heteroatoms. The molecule has 1 nitrogen and oxygen atoms in total. The van der Waals surface area contributed by atoms with Crippen molar-refractivity contribution in [1.82, 2.24) is 0 Å². The molecule has 0 heterocycles. The molecular weight excluding hydrogens is 136 g/mol. The molecular formula is C10H18O. The van der Waals surface area contributed by atoms with Gasteiger partial charge >= 0.3 is 0 Å². The summed E-state index contributed by atoms with van der Waals surface area (Å²) in [7, 11) is 1.79. The summed E-state index contributed by atoms with van der Waals surface area (Å²) in [5.74, 6) is 0.781. The molecule has 0 aromatic heterocycles. The number of allylic oxidation sites excluding steroid dienone is 2. The van der Waals surface area contributed by atoms with Gasteiger partial charge in [0.25, 0.3) is 0 Å². The molecule has 0 saturated carbocycles. The Labute approximate surface area is 69.4 Å². The van der Waals surface area contributed by atoms with Gasteiger partial charge in [0.2, 0.25) is 0 Å². The van der Waals surface area contributed by atoms with E-state index >= 15 is 0 Å². The van der Waals surface area contributed by atoms with Crippen LogP contribution in [-0.2, 0) is 4.74 Å². The topological polar surface area (TPSA) is 9.23 Å². The van der Waals surface area contributed by atoms with Gasteiger partial charge in [0.15, 0.2) is 0 Å². The van der Waals surface area contributed by atoms with E-state index in [4.69, 9.17) is 4.74 Å². The minimum Gasteiger partial charge on any atom is -0.384 e. The zero-order valence-electron chi connectivity index (χ0n) is 7.81. The molecule has 64 valence electrons. The van der Waals surface area contributed by atoms with Crippen molar-refractivity contribution in [3.05, 3.63) is 11.1 Å². The molecule has 1 atom stereocenters. The Bertz CT molecular complexity index is 158. The van der Waals surface area contributed by atoms with Crippen LogP contribution >= 0.6 is 0 Å². The molecule has 1 aliphatic carbocycles. The molecule has 0 fully saturated rings. The second-order valence-corrected chi connectivity index (χ2v) is 3.62. The Balaban J connectivity index is 2.44. The first-order valence-corrected chi connectivity index (χ1v) is 4.38. The Kier molecular flexibility index (Phi) is 3.13. The van der Waals surface area contributed by atoms with E-state index in [-0.39, 0.29) is 0 Å². The van der Waals surface area contributed by atoms with E-state index in [1.54, 1.807) is 18.3 Å². The molecule has 1 rings (SSSR count). The molecule has 0 aliphatic heterocycles. The second kappa shape index (κ2) is 3.91. The van der Waals surface area contributed by atoms with Crippen molar-refractivity contribution in [2.75, 3.05) is 13.7 Å². The van der Waals surface area contributed by atoms with Crippen molar-refractivity contribution in [2.24, 2.45) is 5.92 Å². The van der Waals surface area contributed by atoms with Gasteiger partial charge in [-0.1, -0.05) is 11.1 Å². The lowest BCUT2D eigenvalue weighted by Crippen LogP contribution is -2.13. The van der Waals surface area contributed by atoms with Crippen LogP contribution < -0.4 is 0 Å². The van der Waals surface area contributed by atoms with Gasteiger partial charge in [-0.15, -0.1) is 0 Å². The molecule has 0 radical (unpaired) electrons. The maximum atomic E-state index is 5.14.